The number of hydrogen-bond donors (Lipinski definition) is 3. The normalized spacial score (nSPS) is 10.3. The minimum atomic E-state index is -0.446. The van der Waals surface area contributed by atoms with Crippen molar-refractivity contribution in [2.45, 2.75) is 13.3 Å². The maximum absolute atomic E-state index is 12.2. The predicted octanol–water partition coefficient (Wildman–Crippen LogP) is 4.82. The van der Waals surface area contributed by atoms with E-state index in [1.807, 2.05) is 0 Å². The molecule has 0 radical (unpaired) electrons. The average molecular weight is 429 g/mol. The fourth-order valence-corrected chi connectivity index (χ4v) is 3.26. The molecule has 3 aromatic rings. The number of thiazole rings is 1. The van der Waals surface area contributed by atoms with Crippen molar-refractivity contribution in [2.75, 3.05) is 16.0 Å². The molecule has 0 atom stereocenters. The Labute approximate surface area is 176 Å². The molecule has 0 aliphatic carbocycles. The minimum absolute atomic E-state index is 0.0429. The van der Waals surface area contributed by atoms with Crippen molar-refractivity contribution in [1.82, 2.24) is 4.98 Å². The van der Waals surface area contributed by atoms with Gasteiger partial charge in [0.2, 0.25) is 5.91 Å². The van der Waals surface area contributed by atoms with E-state index >= 15 is 0 Å². The van der Waals surface area contributed by atoms with E-state index in [0.717, 1.165) is 0 Å². The lowest BCUT2D eigenvalue weighted by Gasteiger charge is -2.06. The molecule has 1 heterocycles. The highest BCUT2D eigenvalue weighted by Gasteiger charge is 2.11. The monoisotopic (exact) mass is 428 g/mol. The molecule has 29 heavy (non-hydrogen) atoms. The number of rotatable bonds is 6. The van der Waals surface area contributed by atoms with Crippen molar-refractivity contribution >= 4 is 57.2 Å². The van der Waals surface area contributed by atoms with Crippen LogP contribution in [0.4, 0.5) is 21.3 Å². The summed E-state index contributed by atoms with van der Waals surface area (Å²) in [4.78, 5) is 39.9. The third-order valence-electron chi connectivity index (χ3n) is 3.77. The number of carbonyl (C=O) groups is 3. The van der Waals surface area contributed by atoms with E-state index in [0.29, 0.717) is 32.8 Å². The van der Waals surface area contributed by atoms with Crippen LogP contribution in [0.5, 0.6) is 0 Å². The zero-order valence-electron chi connectivity index (χ0n) is 15.4. The summed E-state index contributed by atoms with van der Waals surface area (Å²) in [5, 5.41) is 10.7. The zero-order valence-corrected chi connectivity index (χ0v) is 16.9. The van der Waals surface area contributed by atoms with Crippen LogP contribution in [0.2, 0.25) is 5.02 Å². The van der Waals surface area contributed by atoms with E-state index < -0.39 is 6.03 Å². The summed E-state index contributed by atoms with van der Waals surface area (Å²) >= 11 is 7.03. The van der Waals surface area contributed by atoms with Crippen molar-refractivity contribution in [3.63, 3.8) is 0 Å². The fraction of sp³-hybridized carbons (Fsp3) is 0.100. The second-order valence-corrected chi connectivity index (χ2v) is 7.39. The van der Waals surface area contributed by atoms with E-state index in [1.165, 1.54) is 18.3 Å². The smallest absolute Gasteiger partial charge is 0.325 e. The molecule has 0 saturated carbocycles. The summed E-state index contributed by atoms with van der Waals surface area (Å²) in [6.07, 6.45) is 0.0429. The molecular formula is C20H17ClN4O3S. The number of urea groups is 1. The zero-order chi connectivity index (χ0) is 20.8. The maximum atomic E-state index is 12.2. The van der Waals surface area contributed by atoms with Gasteiger partial charge in [0.05, 0.1) is 12.1 Å². The molecule has 0 spiro atoms. The van der Waals surface area contributed by atoms with Gasteiger partial charge in [-0.15, -0.1) is 11.3 Å². The van der Waals surface area contributed by atoms with E-state index in [2.05, 4.69) is 20.9 Å². The lowest BCUT2D eigenvalue weighted by molar-refractivity contribution is -0.115. The topological polar surface area (TPSA) is 100 Å². The Morgan fingerprint density at radius 1 is 1.00 bits per heavy atom. The van der Waals surface area contributed by atoms with E-state index in [1.54, 1.807) is 53.9 Å². The number of benzene rings is 2. The molecule has 1 aromatic heterocycles. The lowest BCUT2D eigenvalue weighted by atomic mass is 10.1. The number of ketones is 1. The summed E-state index contributed by atoms with van der Waals surface area (Å²) in [5.41, 5.74) is 2.18. The van der Waals surface area contributed by atoms with Crippen LogP contribution in [0, 0.1) is 0 Å². The van der Waals surface area contributed by atoms with Gasteiger partial charge in [0.15, 0.2) is 10.9 Å². The molecule has 0 aliphatic rings. The van der Waals surface area contributed by atoms with Crippen molar-refractivity contribution in [1.29, 1.82) is 0 Å². The molecule has 0 aliphatic heterocycles. The molecule has 0 bridgehead atoms. The Balaban J connectivity index is 1.53. The van der Waals surface area contributed by atoms with Crippen LogP contribution in [-0.4, -0.2) is 22.7 Å². The average Bonchev–Trinajstić information content (AvgIpc) is 3.10. The number of amides is 3. The highest BCUT2D eigenvalue weighted by molar-refractivity contribution is 7.14. The van der Waals surface area contributed by atoms with Crippen LogP contribution in [0.25, 0.3) is 0 Å². The maximum Gasteiger partial charge on any atom is 0.325 e. The first kappa shape index (κ1) is 20.5. The molecule has 0 fully saturated rings. The van der Waals surface area contributed by atoms with Crippen LogP contribution in [-0.2, 0) is 11.2 Å². The third-order valence-corrected chi connectivity index (χ3v) is 4.83. The first-order chi connectivity index (χ1) is 13.9. The number of hydrogen-bond acceptors (Lipinski definition) is 5. The van der Waals surface area contributed by atoms with Crippen molar-refractivity contribution < 1.29 is 14.4 Å². The van der Waals surface area contributed by atoms with E-state index in [4.69, 9.17) is 11.6 Å². The van der Waals surface area contributed by atoms with Gasteiger partial charge in [-0.25, -0.2) is 9.78 Å². The molecule has 0 saturated heterocycles. The fourth-order valence-electron chi connectivity index (χ4n) is 2.42. The molecule has 9 heteroatoms. The van der Waals surface area contributed by atoms with Gasteiger partial charge in [-0.1, -0.05) is 23.7 Å². The number of nitrogens with zero attached hydrogens (tertiary/aromatic N) is 1. The largest absolute Gasteiger partial charge is 0.326 e. The number of Topliss-reactive ketones (excluding diaryl/α,β-unsaturated/α-hetero) is 1. The standard InChI is InChI=1S/C20H17ClN4O3S/c1-12(26)13-3-2-4-16(9-13)22-18(27)10-17-11-29-20(24-17)25-19(28)23-15-7-5-14(21)6-8-15/h2-9,11H,10H2,1H3,(H,22,27)(H2,23,24,25,28). The number of nitrogens with one attached hydrogen (secondary N) is 3. The van der Waals surface area contributed by atoms with Crippen LogP contribution in [0.3, 0.4) is 0 Å². The quantitative estimate of drug-likeness (QED) is 0.490. The Morgan fingerprint density at radius 2 is 1.76 bits per heavy atom. The van der Waals surface area contributed by atoms with Gasteiger partial charge in [0.1, 0.15) is 0 Å². The first-order valence-corrected chi connectivity index (χ1v) is 9.83. The number of halogens is 1. The molecule has 3 N–H and O–H groups in total. The van der Waals surface area contributed by atoms with E-state index in [9.17, 15) is 14.4 Å². The summed E-state index contributed by atoms with van der Waals surface area (Å²) in [7, 11) is 0. The van der Waals surface area contributed by atoms with Gasteiger partial charge >= 0.3 is 6.03 Å². The van der Waals surface area contributed by atoms with Gasteiger partial charge in [-0.3, -0.25) is 14.9 Å². The molecule has 2 aromatic carbocycles. The van der Waals surface area contributed by atoms with E-state index in [-0.39, 0.29) is 18.1 Å². The van der Waals surface area contributed by atoms with Crippen LogP contribution < -0.4 is 16.0 Å². The third kappa shape index (κ3) is 6.13. The minimum Gasteiger partial charge on any atom is -0.326 e. The SMILES string of the molecule is CC(=O)c1cccc(NC(=O)Cc2csc(NC(=O)Nc3ccc(Cl)cc3)n2)c1. The summed E-state index contributed by atoms with van der Waals surface area (Å²) in [6.45, 7) is 1.47. The predicted molar refractivity (Wildman–Crippen MR) is 115 cm³/mol. The molecular weight excluding hydrogens is 412 g/mol. The number of aromatic nitrogens is 1. The second-order valence-electron chi connectivity index (χ2n) is 6.09. The summed E-state index contributed by atoms with van der Waals surface area (Å²) in [5.74, 6) is -0.346. The Bertz CT molecular complexity index is 1050. The van der Waals surface area contributed by atoms with Crippen molar-refractivity contribution in [3.05, 3.63) is 70.2 Å². The Kier molecular flexibility index (Phi) is 6.58. The Morgan fingerprint density at radius 3 is 2.48 bits per heavy atom. The molecule has 0 unspecified atom stereocenters. The summed E-state index contributed by atoms with van der Waals surface area (Å²) in [6, 6.07) is 13.0. The van der Waals surface area contributed by atoms with Gasteiger partial charge in [0.25, 0.3) is 0 Å². The van der Waals surface area contributed by atoms with Gasteiger partial charge in [0, 0.05) is 27.3 Å². The van der Waals surface area contributed by atoms with Gasteiger partial charge < -0.3 is 10.6 Å². The van der Waals surface area contributed by atoms with Crippen molar-refractivity contribution in [2.24, 2.45) is 0 Å². The van der Waals surface area contributed by atoms with Gasteiger partial charge in [-0.2, -0.15) is 0 Å². The molecule has 3 rings (SSSR count). The molecule has 7 nitrogen and oxygen atoms in total. The van der Waals surface area contributed by atoms with Crippen LogP contribution in [0.1, 0.15) is 23.0 Å². The van der Waals surface area contributed by atoms with Crippen molar-refractivity contribution in [3.8, 4) is 0 Å². The lowest BCUT2D eigenvalue weighted by Crippen LogP contribution is -2.19. The highest BCUT2D eigenvalue weighted by Crippen LogP contribution is 2.18. The number of carbonyl (C=O) groups excluding carboxylic acids is 3. The first-order valence-electron chi connectivity index (χ1n) is 8.58. The highest BCUT2D eigenvalue weighted by atomic mass is 35.5. The molecule has 3 amide bonds. The molecule has 148 valence electrons. The van der Waals surface area contributed by atoms with Crippen LogP contribution in [0.15, 0.2) is 53.9 Å². The second kappa shape index (κ2) is 9.31. The van der Waals surface area contributed by atoms with Gasteiger partial charge in [-0.05, 0) is 43.3 Å². The Hall–Kier alpha value is -3.23. The number of anilines is 3. The summed E-state index contributed by atoms with van der Waals surface area (Å²) < 4.78 is 0. The van der Waals surface area contributed by atoms with Crippen LogP contribution >= 0.6 is 22.9 Å².